The van der Waals surface area contributed by atoms with Gasteiger partial charge in [-0.2, -0.15) is 0 Å². The summed E-state index contributed by atoms with van der Waals surface area (Å²) in [6.07, 6.45) is 1.38. The highest BCUT2D eigenvalue weighted by molar-refractivity contribution is 9.10. The van der Waals surface area contributed by atoms with Crippen LogP contribution in [-0.4, -0.2) is 15.1 Å². The fourth-order valence-corrected chi connectivity index (χ4v) is 2.60. The average molecular weight is 333 g/mol. The van der Waals surface area contributed by atoms with Crippen LogP contribution in [0.4, 0.5) is 4.39 Å². The first-order chi connectivity index (χ1) is 9.66. The Labute approximate surface area is 123 Å². The van der Waals surface area contributed by atoms with Crippen LogP contribution in [0.1, 0.15) is 17.4 Å². The lowest BCUT2D eigenvalue weighted by atomic mass is 10.1. The topological polar surface area (TPSA) is 46.0 Å². The summed E-state index contributed by atoms with van der Waals surface area (Å²) in [7, 11) is 0. The molecule has 20 heavy (non-hydrogen) atoms. The fourth-order valence-electron chi connectivity index (χ4n) is 2.05. The number of aromatic nitrogens is 2. The Kier molecular flexibility index (Phi) is 3.46. The van der Waals surface area contributed by atoms with E-state index in [9.17, 15) is 9.50 Å². The first-order valence-corrected chi connectivity index (χ1v) is 6.79. The Morgan fingerprint density at radius 3 is 2.80 bits per heavy atom. The van der Waals surface area contributed by atoms with Crippen molar-refractivity contribution in [3.05, 3.63) is 70.3 Å². The molecule has 3 rings (SSSR count). The lowest BCUT2D eigenvalue weighted by molar-refractivity contribution is 0.209. The molecule has 2 aromatic heterocycles. The molecule has 0 bridgehead atoms. The minimum Gasteiger partial charge on any atom is -0.382 e. The Balaban J connectivity index is 2.14. The monoisotopic (exact) mass is 332 g/mol. The van der Waals surface area contributed by atoms with Gasteiger partial charge in [-0.15, -0.1) is 0 Å². The van der Waals surface area contributed by atoms with Gasteiger partial charge in [0.05, 0.1) is 17.4 Å². The van der Waals surface area contributed by atoms with E-state index in [-0.39, 0.29) is 5.56 Å². The van der Waals surface area contributed by atoms with Crippen LogP contribution in [0.2, 0.25) is 0 Å². The molecule has 2 heterocycles. The molecule has 0 fully saturated rings. The fraction of sp³-hybridized carbons (Fsp3) is 0.0667. The van der Waals surface area contributed by atoms with E-state index in [0.29, 0.717) is 10.2 Å². The van der Waals surface area contributed by atoms with Crippen molar-refractivity contribution in [3.8, 4) is 0 Å². The van der Waals surface area contributed by atoms with Gasteiger partial charge in [-0.05, 0) is 34.1 Å². The minimum absolute atomic E-state index is 0.156. The average Bonchev–Trinajstić information content (AvgIpc) is 2.46. The van der Waals surface area contributed by atoms with E-state index in [2.05, 4.69) is 25.9 Å². The molecular weight excluding hydrogens is 323 g/mol. The van der Waals surface area contributed by atoms with E-state index in [0.717, 1.165) is 17.1 Å². The molecule has 5 heteroatoms. The standard InChI is InChI=1S/C15H10BrFN2O/c16-11-7-9-3-1-2-4-13(9)19-14(11)15(20)10-5-6-18-8-12(10)17/h1-8,15,20H. The molecule has 0 spiro atoms. The molecule has 3 nitrogen and oxygen atoms in total. The second-order valence-corrected chi connectivity index (χ2v) is 5.20. The van der Waals surface area contributed by atoms with Gasteiger partial charge in [-0.1, -0.05) is 18.2 Å². The van der Waals surface area contributed by atoms with Crippen LogP contribution in [0.15, 0.2) is 53.3 Å². The van der Waals surface area contributed by atoms with Crippen LogP contribution in [0.3, 0.4) is 0 Å². The van der Waals surface area contributed by atoms with Crippen LogP contribution in [0, 0.1) is 5.82 Å². The first-order valence-electron chi connectivity index (χ1n) is 5.99. The highest BCUT2D eigenvalue weighted by atomic mass is 79.9. The van der Waals surface area contributed by atoms with Gasteiger partial charge in [-0.25, -0.2) is 9.37 Å². The molecular formula is C15H10BrFN2O. The SMILES string of the molecule is OC(c1ccncc1F)c1nc2ccccc2cc1Br. The number of hydrogen-bond acceptors (Lipinski definition) is 3. The van der Waals surface area contributed by atoms with Crippen molar-refractivity contribution < 1.29 is 9.50 Å². The third-order valence-corrected chi connectivity index (χ3v) is 3.70. The van der Waals surface area contributed by atoms with E-state index in [4.69, 9.17) is 0 Å². The summed E-state index contributed by atoms with van der Waals surface area (Å²) in [6, 6.07) is 10.9. The number of benzene rings is 1. The summed E-state index contributed by atoms with van der Waals surface area (Å²) in [5.41, 5.74) is 1.29. The predicted octanol–water partition coefficient (Wildman–Crippen LogP) is 3.61. The zero-order chi connectivity index (χ0) is 14.1. The van der Waals surface area contributed by atoms with E-state index >= 15 is 0 Å². The number of hydrogen-bond donors (Lipinski definition) is 1. The quantitative estimate of drug-likeness (QED) is 0.779. The second kappa shape index (κ2) is 5.26. The van der Waals surface area contributed by atoms with Crippen LogP contribution in [0.25, 0.3) is 10.9 Å². The maximum absolute atomic E-state index is 13.7. The van der Waals surface area contributed by atoms with Gasteiger partial charge in [0.1, 0.15) is 11.9 Å². The van der Waals surface area contributed by atoms with Crippen LogP contribution < -0.4 is 0 Å². The van der Waals surface area contributed by atoms with Gasteiger partial charge >= 0.3 is 0 Å². The van der Waals surface area contributed by atoms with Crippen molar-refractivity contribution in [2.45, 2.75) is 6.10 Å². The van der Waals surface area contributed by atoms with Gasteiger partial charge in [0.2, 0.25) is 0 Å². The summed E-state index contributed by atoms with van der Waals surface area (Å²) in [4.78, 5) is 8.08. The van der Waals surface area contributed by atoms with Gasteiger partial charge < -0.3 is 5.11 Å². The van der Waals surface area contributed by atoms with Crippen molar-refractivity contribution in [3.63, 3.8) is 0 Å². The molecule has 0 radical (unpaired) electrons. The molecule has 1 N–H and O–H groups in total. The summed E-state index contributed by atoms with van der Waals surface area (Å²) in [5.74, 6) is -0.554. The molecule has 0 aliphatic rings. The van der Waals surface area contributed by atoms with Crippen LogP contribution >= 0.6 is 15.9 Å². The molecule has 100 valence electrons. The molecule has 1 unspecified atom stereocenters. The summed E-state index contributed by atoms with van der Waals surface area (Å²) in [5, 5.41) is 11.3. The second-order valence-electron chi connectivity index (χ2n) is 4.35. The smallest absolute Gasteiger partial charge is 0.147 e. The summed E-state index contributed by atoms with van der Waals surface area (Å²) < 4.78 is 14.3. The number of para-hydroxylation sites is 1. The number of aliphatic hydroxyl groups is 1. The molecule has 0 aliphatic heterocycles. The lowest BCUT2D eigenvalue weighted by Gasteiger charge is -2.13. The zero-order valence-electron chi connectivity index (χ0n) is 10.3. The van der Waals surface area contributed by atoms with Gasteiger partial charge in [0.25, 0.3) is 0 Å². The lowest BCUT2D eigenvalue weighted by Crippen LogP contribution is -2.06. The molecule has 0 aliphatic carbocycles. The maximum atomic E-state index is 13.7. The van der Waals surface area contributed by atoms with Gasteiger partial charge in [0.15, 0.2) is 0 Å². The van der Waals surface area contributed by atoms with E-state index < -0.39 is 11.9 Å². The van der Waals surface area contributed by atoms with Crippen molar-refractivity contribution in [1.82, 2.24) is 9.97 Å². The Morgan fingerprint density at radius 2 is 2.00 bits per heavy atom. The molecule has 0 amide bonds. The number of nitrogens with zero attached hydrogens (tertiary/aromatic N) is 2. The van der Waals surface area contributed by atoms with Gasteiger partial charge in [0, 0.05) is 21.6 Å². The highest BCUT2D eigenvalue weighted by Gasteiger charge is 2.19. The molecule has 1 aromatic carbocycles. The first kappa shape index (κ1) is 13.1. The third kappa shape index (κ3) is 2.30. The highest BCUT2D eigenvalue weighted by Crippen LogP contribution is 2.30. The number of halogens is 2. The largest absolute Gasteiger partial charge is 0.382 e. The van der Waals surface area contributed by atoms with Crippen LogP contribution in [0.5, 0.6) is 0 Å². The normalized spacial score (nSPS) is 12.6. The van der Waals surface area contributed by atoms with E-state index in [1.807, 2.05) is 30.3 Å². The van der Waals surface area contributed by atoms with Crippen molar-refractivity contribution >= 4 is 26.8 Å². The van der Waals surface area contributed by atoms with Crippen molar-refractivity contribution in [2.24, 2.45) is 0 Å². The van der Waals surface area contributed by atoms with Gasteiger partial charge in [-0.3, -0.25) is 4.98 Å². The molecule has 0 saturated heterocycles. The van der Waals surface area contributed by atoms with Crippen LogP contribution in [-0.2, 0) is 0 Å². The van der Waals surface area contributed by atoms with E-state index in [1.54, 1.807) is 0 Å². The Morgan fingerprint density at radius 1 is 1.20 bits per heavy atom. The van der Waals surface area contributed by atoms with Crippen molar-refractivity contribution in [1.29, 1.82) is 0 Å². The van der Waals surface area contributed by atoms with Crippen molar-refractivity contribution in [2.75, 3.05) is 0 Å². The predicted molar refractivity (Wildman–Crippen MR) is 77.7 cm³/mol. The number of rotatable bonds is 2. The molecule has 1 atom stereocenters. The summed E-state index contributed by atoms with van der Waals surface area (Å²) >= 11 is 3.38. The Hall–Kier alpha value is -1.85. The number of fused-ring (bicyclic) bond motifs is 1. The molecule has 3 aromatic rings. The Bertz CT molecular complexity index is 779. The molecule has 0 saturated carbocycles. The maximum Gasteiger partial charge on any atom is 0.147 e. The number of aliphatic hydroxyl groups excluding tert-OH is 1. The van der Waals surface area contributed by atoms with E-state index in [1.165, 1.54) is 12.3 Å². The third-order valence-electron chi connectivity index (χ3n) is 3.06. The minimum atomic E-state index is -1.14. The zero-order valence-corrected chi connectivity index (χ0v) is 11.9. The summed E-state index contributed by atoms with van der Waals surface area (Å²) in [6.45, 7) is 0. The number of pyridine rings is 2.